The molecule has 0 fully saturated rings. The maximum Gasteiger partial charge on any atom is 0.251 e. The first-order chi connectivity index (χ1) is 13.5. The summed E-state index contributed by atoms with van der Waals surface area (Å²) >= 11 is 3.45. The summed E-state index contributed by atoms with van der Waals surface area (Å²) in [6.45, 7) is 0.548. The van der Waals surface area contributed by atoms with Crippen LogP contribution in [0.3, 0.4) is 0 Å². The number of hydrogen-bond donors (Lipinski definition) is 2. The van der Waals surface area contributed by atoms with Crippen molar-refractivity contribution in [1.82, 2.24) is 15.1 Å². The summed E-state index contributed by atoms with van der Waals surface area (Å²) in [5.41, 5.74) is 2.46. The van der Waals surface area contributed by atoms with E-state index in [0.717, 1.165) is 15.6 Å². The van der Waals surface area contributed by atoms with E-state index in [-0.39, 0.29) is 11.8 Å². The molecule has 1 aromatic heterocycles. The molecule has 0 aliphatic carbocycles. The molecular weight excluding hydrogens is 420 g/mol. The second-order valence-corrected chi connectivity index (χ2v) is 6.94. The number of hydrogen-bond acceptors (Lipinski definition) is 3. The van der Waals surface area contributed by atoms with Crippen molar-refractivity contribution in [2.75, 3.05) is 12.4 Å². The molecule has 0 saturated heterocycles. The van der Waals surface area contributed by atoms with Gasteiger partial charge in [-0.25, -0.2) is 4.68 Å². The normalized spacial score (nSPS) is 10.8. The largest absolute Gasteiger partial charge is 0.355 e. The van der Waals surface area contributed by atoms with Crippen molar-refractivity contribution < 1.29 is 9.59 Å². The van der Waals surface area contributed by atoms with Crippen molar-refractivity contribution in [3.63, 3.8) is 0 Å². The van der Waals surface area contributed by atoms with Crippen LogP contribution in [0.1, 0.15) is 21.5 Å². The Hall–Kier alpha value is -3.19. The van der Waals surface area contributed by atoms with Crippen LogP contribution in [0.15, 0.2) is 71.3 Å². The quantitative estimate of drug-likeness (QED) is 0.575. The number of benzene rings is 2. The highest BCUT2D eigenvalue weighted by Crippen LogP contribution is 2.15. The smallest absolute Gasteiger partial charge is 0.251 e. The number of carbonyl (C=O) groups is 2. The van der Waals surface area contributed by atoms with Gasteiger partial charge in [0.25, 0.3) is 5.91 Å². The lowest BCUT2D eigenvalue weighted by Crippen LogP contribution is -2.17. The van der Waals surface area contributed by atoms with E-state index in [2.05, 4.69) is 31.7 Å². The topological polar surface area (TPSA) is 76.0 Å². The maximum absolute atomic E-state index is 12.3. The molecule has 0 atom stereocenters. The van der Waals surface area contributed by atoms with Crippen LogP contribution in [0.25, 0.3) is 6.08 Å². The van der Waals surface area contributed by atoms with Crippen LogP contribution in [0.4, 0.5) is 5.82 Å². The summed E-state index contributed by atoms with van der Waals surface area (Å²) in [7, 11) is 1.59. The number of amides is 2. The van der Waals surface area contributed by atoms with E-state index in [1.807, 2.05) is 24.3 Å². The summed E-state index contributed by atoms with van der Waals surface area (Å²) in [5, 5.41) is 9.67. The Balaban J connectivity index is 1.63. The predicted octanol–water partition coefficient (Wildman–Crippen LogP) is 3.71. The van der Waals surface area contributed by atoms with Gasteiger partial charge in [-0.15, -0.1) is 0 Å². The SMILES string of the molecule is CNC(=O)c1ccc(/C=C/C(=O)Nc2ccnn2Cc2cccc(Br)c2)cc1. The maximum atomic E-state index is 12.3. The first-order valence-electron chi connectivity index (χ1n) is 8.62. The molecule has 0 aliphatic heterocycles. The van der Waals surface area contributed by atoms with E-state index in [9.17, 15) is 9.59 Å². The average molecular weight is 439 g/mol. The zero-order valence-electron chi connectivity index (χ0n) is 15.2. The van der Waals surface area contributed by atoms with Crippen molar-refractivity contribution in [2.45, 2.75) is 6.54 Å². The zero-order chi connectivity index (χ0) is 19.9. The fraction of sp³-hybridized carbons (Fsp3) is 0.0952. The first kappa shape index (κ1) is 19.6. The van der Waals surface area contributed by atoms with Crippen molar-refractivity contribution >= 4 is 39.6 Å². The second-order valence-electron chi connectivity index (χ2n) is 6.03. The number of rotatable bonds is 6. The van der Waals surface area contributed by atoms with Crippen molar-refractivity contribution in [3.8, 4) is 0 Å². The van der Waals surface area contributed by atoms with Gasteiger partial charge in [0.15, 0.2) is 0 Å². The summed E-state index contributed by atoms with van der Waals surface area (Å²) in [4.78, 5) is 23.8. The molecule has 0 saturated carbocycles. The molecule has 1 heterocycles. The average Bonchev–Trinajstić information content (AvgIpc) is 3.12. The third-order valence-electron chi connectivity index (χ3n) is 4.02. The molecule has 2 N–H and O–H groups in total. The van der Waals surface area contributed by atoms with Crippen LogP contribution in [0.2, 0.25) is 0 Å². The molecule has 0 unspecified atom stereocenters. The minimum atomic E-state index is -0.258. The summed E-state index contributed by atoms with van der Waals surface area (Å²) < 4.78 is 2.72. The van der Waals surface area contributed by atoms with Gasteiger partial charge in [0.05, 0.1) is 12.7 Å². The van der Waals surface area contributed by atoms with Gasteiger partial charge in [-0.05, 0) is 41.5 Å². The molecule has 0 radical (unpaired) electrons. The van der Waals surface area contributed by atoms with Gasteiger partial charge in [0.2, 0.25) is 5.91 Å². The first-order valence-corrected chi connectivity index (χ1v) is 9.42. The molecule has 142 valence electrons. The van der Waals surface area contributed by atoms with E-state index in [1.165, 1.54) is 6.08 Å². The molecule has 0 bridgehead atoms. The summed E-state index contributed by atoms with van der Waals surface area (Å²) in [6.07, 6.45) is 4.79. The van der Waals surface area contributed by atoms with E-state index < -0.39 is 0 Å². The van der Waals surface area contributed by atoms with Gasteiger partial charge in [-0.1, -0.05) is 40.2 Å². The van der Waals surface area contributed by atoms with Gasteiger partial charge in [-0.2, -0.15) is 5.10 Å². The fourth-order valence-electron chi connectivity index (χ4n) is 2.60. The van der Waals surface area contributed by atoms with Crippen LogP contribution in [-0.2, 0) is 11.3 Å². The van der Waals surface area contributed by atoms with E-state index >= 15 is 0 Å². The third kappa shape index (κ3) is 5.17. The predicted molar refractivity (Wildman–Crippen MR) is 113 cm³/mol. The van der Waals surface area contributed by atoms with E-state index in [1.54, 1.807) is 54.3 Å². The van der Waals surface area contributed by atoms with Gasteiger partial charge in [0, 0.05) is 29.2 Å². The van der Waals surface area contributed by atoms with Crippen molar-refractivity contribution in [2.24, 2.45) is 0 Å². The third-order valence-corrected chi connectivity index (χ3v) is 4.51. The fourth-order valence-corrected chi connectivity index (χ4v) is 3.05. The molecule has 7 heteroatoms. The Kier molecular flexibility index (Phi) is 6.39. The van der Waals surface area contributed by atoms with Crippen molar-refractivity contribution in [1.29, 1.82) is 0 Å². The number of anilines is 1. The summed E-state index contributed by atoms with van der Waals surface area (Å²) in [5.74, 6) is 0.211. The van der Waals surface area contributed by atoms with Crippen molar-refractivity contribution in [3.05, 3.63) is 88.0 Å². The molecule has 2 aromatic carbocycles. The molecule has 3 rings (SSSR count). The highest BCUT2D eigenvalue weighted by molar-refractivity contribution is 9.10. The highest BCUT2D eigenvalue weighted by Gasteiger charge is 2.06. The minimum Gasteiger partial charge on any atom is -0.355 e. The molecule has 0 aliphatic rings. The standard InChI is InChI=1S/C21H19BrN4O2/c1-23-21(28)17-8-5-15(6-9-17)7-10-20(27)25-19-11-12-24-26(19)14-16-3-2-4-18(22)13-16/h2-13H,14H2,1H3,(H,23,28)(H,25,27)/b10-7+. The van der Waals surface area contributed by atoms with E-state index in [0.29, 0.717) is 17.9 Å². The lowest BCUT2D eigenvalue weighted by Gasteiger charge is -2.08. The highest BCUT2D eigenvalue weighted by atomic mass is 79.9. The Morgan fingerprint density at radius 3 is 2.64 bits per heavy atom. The molecule has 2 amide bonds. The monoisotopic (exact) mass is 438 g/mol. The summed E-state index contributed by atoms with van der Waals surface area (Å²) in [6, 6.07) is 16.7. The molecular formula is C21H19BrN4O2. The zero-order valence-corrected chi connectivity index (χ0v) is 16.8. The Morgan fingerprint density at radius 2 is 1.93 bits per heavy atom. The molecule has 28 heavy (non-hydrogen) atoms. The van der Waals surface area contributed by atoms with Crippen LogP contribution >= 0.6 is 15.9 Å². The molecule has 3 aromatic rings. The van der Waals surface area contributed by atoms with E-state index in [4.69, 9.17) is 0 Å². The Morgan fingerprint density at radius 1 is 1.14 bits per heavy atom. The lowest BCUT2D eigenvalue weighted by molar-refractivity contribution is -0.111. The number of nitrogens with one attached hydrogen (secondary N) is 2. The lowest BCUT2D eigenvalue weighted by atomic mass is 10.1. The van der Waals surface area contributed by atoms with Crippen LogP contribution in [0, 0.1) is 0 Å². The number of aromatic nitrogens is 2. The van der Waals surface area contributed by atoms with Gasteiger partial charge < -0.3 is 10.6 Å². The van der Waals surface area contributed by atoms with Crippen LogP contribution < -0.4 is 10.6 Å². The van der Waals surface area contributed by atoms with Crippen LogP contribution in [-0.4, -0.2) is 28.6 Å². The second kappa shape index (κ2) is 9.14. The Labute approximate surface area is 171 Å². The number of nitrogens with zero attached hydrogens (tertiary/aromatic N) is 2. The number of carbonyl (C=O) groups excluding carboxylic acids is 2. The minimum absolute atomic E-state index is 0.146. The molecule has 6 nitrogen and oxygen atoms in total. The number of halogens is 1. The van der Waals surface area contributed by atoms with Gasteiger partial charge in [-0.3, -0.25) is 9.59 Å². The van der Waals surface area contributed by atoms with Gasteiger partial charge in [0.1, 0.15) is 5.82 Å². The van der Waals surface area contributed by atoms with Gasteiger partial charge >= 0.3 is 0 Å². The van der Waals surface area contributed by atoms with Crippen LogP contribution in [0.5, 0.6) is 0 Å². The Bertz CT molecular complexity index is 1010. The molecule has 0 spiro atoms.